The number of unbranched alkanes of at least 4 members (excludes halogenated alkanes) is 2. The molecule has 0 aromatic carbocycles. The van der Waals surface area contributed by atoms with Gasteiger partial charge in [-0.1, -0.05) is 13.2 Å². The van der Waals surface area contributed by atoms with Gasteiger partial charge in [-0.3, -0.25) is 0 Å². The molecule has 0 aromatic heterocycles. The van der Waals surface area contributed by atoms with Gasteiger partial charge in [-0.25, -0.2) is 4.79 Å². The fraction of sp³-hybridized carbons (Fsp3) is 0.615. The highest BCUT2D eigenvalue weighted by molar-refractivity contribution is 5.53. The summed E-state index contributed by atoms with van der Waals surface area (Å²) in [5.41, 5.74) is 0. The van der Waals surface area contributed by atoms with Gasteiger partial charge in [0.15, 0.2) is 0 Å². The molecule has 0 unspecified atom stereocenters. The summed E-state index contributed by atoms with van der Waals surface area (Å²) in [6.07, 6.45) is 4.43. The summed E-state index contributed by atoms with van der Waals surface area (Å²) in [6.45, 7) is 8.59. The second-order valence-electron chi connectivity index (χ2n) is 3.22. The summed E-state index contributed by atoms with van der Waals surface area (Å²) in [6, 6.07) is 0. The average molecular weight is 294 g/mol. The molecule has 120 valence electrons. The minimum Gasteiger partial charge on any atom is -0.502 e. The molecule has 0 atom stereocenters. The van der Waals surface area contributed by atoms with Crippen LogP contribution in [0.5, 0.6) is 0 Å². The van der Waals surface area contributed by atoms with Crippen LogP contribution in [0, 0.1) is 0 Å². The summed E-state index contributed by atoms with van der Waals surface area (Å²) < 4.78 is 9.58. The van der Waals surface area contributed by atoms with E-state index >= 15 is 0 Å². The summed E-state index contributed by atoms with van der Waals surface area (Å²) in [5.74, 6) is 0. The fourth-order valence-corrected chi connectivity index (χ4v) is 0.761. The number of aliphatic hydroxyl groups is 2. The minimum absolute atomic E-state index is 0.250. The van der Waals surface area contributed by atoms with Crippen molar-refractivity contribution in [3.8, 4) is 0 Å². The Morgan fingerprint density at radius 1 is 0.850 bits per heavy atom. The third kappa shape index (κ3) is 55.5. The predicted molar refractivity (Wildman–Crippen MR) is 75.6 cm³/mol. The summed E-state index contributed by atoms with van der Waals surface area (Å²) in [7, 11) is 0. The summed E-state index contributed by atoms with van der Waals surface area (Å²) in [4.78, 5) is 8.56. The van der Waals surface area contributed by atoms with Crippen molar-refractivity contribution in [3.05, 3.63) is 25.7 Å². The molecule has 0 aliphatic rings. The van der Waals surface area contributed by atoms with E-state index in [2.05, 4.69) is 13.2 Å². The monoisotopic (exact) mass is 294 g/mol. The Bertz CT molecular complexity index is 187. The zero-order valence-corrected chi connectivity index (χ0v) is 11.7. The van der Waals surface area contributed by atoms with Crippen LogP contribution in [0.3, 0.4) is 0 Å². The van der Waals surface area contributed by atoms with Crippen LogP contribution in [0.25, 0.3) is 0 Å². The van der Waals surface area contributed by atoms with Crippen LogP contribution in [-0.4, -0.2) is 53.0 Å². The molecule has 0 saturated carbocycles. The largest absolute Gasteiger partial charge is 0.503 e. The van der Waals surface area contributed by atoms with Gasteiger partial charge in [0.05, 0.1) is 25.7 Å². The van der Waals surface area contributed by atoms with E-state index in [1.54, 1.807) is 0 Å². The first-order valence-electron chi connectivity index (χ1n) is 6.15. The van der Waals surface area contributed by atoms with Gasteiger partial charge in [-0.05, 0) is 25.7 Å². The third-order valence-corrected chi connectivity index (χ3v) is 1.58. The third-order valence-electron chi connectivity index (χ3n) is 1.58. The van der Waals surface area contributed by atoms with Gasteiger partial charge in [0, 0.05) is 13.2 Å². The van der Waals surface area contributed by atoms with Crippen molar-refractivity contribution < 1.29 is 34.7 Å². The first kappa shape index (κ1) is 23.4. The number of ether oxygens (including phenoxy) is 2. The second-order valence-corrected chi connectivity index (χ2v) is 3.22. The van der Waals surface area contributed by atoms with E-state index in [0.29, 0.717) is 13.2 Å². The number of carboxylic acid groups (broad SMARTS) is 2. The van der Waals surface area contributed by atoms with E-state index in [-0.39, 0.29) is 13.2 Å². The number of hydrogen-bond donors (Lipinski definition) is 4. The Morgan fingerprint density at radius 2 is 1.15 bits per heavy atom. The molecule has 0 heterocycles. The summed E-state index contributed by atoms with van der Waals surface area (Å²) in [5, 5.41) is 30.5. The molecule has 0 aliphatic heterocycles. The van der Waals surface area contributed by atoms with Gasteiger partial charge in [0.1, 0.15) is 0 Å². The molecule has 0 fully saturated rings. The average Bonchev–Trinajstić information content (AvgIpc) is 2.40. The molecule has 0 rings (SSSR count). The lowest BCUT2D eigenvalue weighted by Crippen LogP contribution is -1.89. The van der Waals surface area contributed by atoms with Crippen LogP contribution in [0.2, 0.25) is 0 Å². The fourth-order valence-electron chi connectivity index (χ4n) is 0.761. The molecule has 4 N–H and O–H groups in total. The molecular formula is C13H26O7. The molecule has 7 nitrogen and oxygen atoms in total. The van der Waals surface area contributed by atoms with E-state index in [1.165, 1.54) is 12.5 Å². The maximum Gasteiger partial charge on any atom is 0.503 e. The number of rotatable bonds is 10. The molecule has 7 heteroatoms. The van der Waals surface area contributed by atoms with E-state index in [0.717, 1.165) is 25.7 Å². The van der Waals surface area contributed by atoms with Gasteiger partial charge in [0.25, 0.3) is 0 Å². The molecular weight excluding hydrogens is 268 g/mol. The van der Waals surface area contributed by atoms with Crippen molar-refractivity contribution in [2.75, 3.05) is 26.4 Å². The van der Waals surface area contributed by atoms with Crippen LogP contribution in [0.4, 0.5) is 4.79 Å². The van der Waals surface area contributed by atoms with Gasteiger partial charge < -0.3 is 29.9 Å². The van der Waals surface area contributed by atoms with Crippen LogP contribution >= 0.6 is 0 Å². The Hall–Kier alpha value is -1.73. The van der Waals surface area contributed by atoms with Gasteiger partial charge in [-0.15, -0.1) is 0 Å². The van der Waals surface area contributed by atoms with Crippen molar-refractivity contribution >= 4 is 6.16 Å². The first-order valence-corrected chi connectivity index (χ1v) is 6.15. The zero-order valence-electron chi connectivity index (χ0n) is 11.7. The van der Waals surface area contributed by atoms with Crippen LogP contribution < -0.4 is 0 Å². The second kappa shape index (κ2) is 26.0. The number of carbonyl (C=O) groups is 1. The zero-order chi connectivity index (χ0) is 16.1. The smallest absolute Gasteiger partial charge is 0.502 e. The summed E-state index contributed by atoms with van der Waals surface area (Å²) >= 11 is 0. The topological polar surface area (TPSA) is 116 Å². The Balaban J connectivity index is -0.000000230. The van der Waals surface area contributed by atoms with Crippen molar-refractivity contribution in [1.82, 2.24) is 0 Å². The highest BCUT2D eigenvalue weighted by Crippen LogP contribution is 1.87. The molecule has 0 saturated heterocycles. The first-order chi connectivity index (χ1) is 9.56. The Labute approximate surface area is 119 Å². The van der Waals surface area contributed by atoms with Gasteiger partial charge in [0.2, 0.25) is 0 Å². The molecule has 20 heavy (non-hydrogen) atoms. The standard InChI is InChI=1S/2C6H12O2.CH2O3/c2*1-2-8-6-4-3-5-7;2-1(3)4/h2*2,7H,1,3-6H2;(H2,2,3,4). The van der Waals surface area contributed by atoms with E-state index < -0.39 is 6.16 Å². The van der Waals surface area contributed by atoms with Crippen molar-refractivity contribution in [1.29, 1.82) is 0 Å². The minimum atomic E-state index is -1.83. The molecule has 0 amide bonds. The van der Waals surface area contributed by atoms with E-state index in [9.17, 15) is 0 Å². The lowest BCUT2D eigenvalue weighted by molar-refractivity contribution is 0.137. The van der Waals surface area contributed by atoms with Crippen molar-refractivity contribution in [2.24, 2.45) is 0 Å². The van der Waals surface area contributed by atoms with Crippen molar-refractivity contribution in [3.63, 3.8) is 0 Å². The van der Waals surface area contributed by atoms with Crippen LogP contribution in [-0.2, 0) is 9.47 Å². The van der Waals surface area contributed by atoms with Crippen LogP contribution in [0.15, 0.2) is 25.7 Å². The maximum absolute atomic E-state index is 8.56. The quantitative estimate of drug-likeness (QED) is 0.360. The lowest BCUT2D eigenvalue weighted by atomic mass is 10.3. The highest BCUT2D eigenvalue weighted by atomic mass is 16.6. The lowest BCUT2D eigenvalue weighted by Gasteiger charge is -1.95. The molecule has 0 aliphatic carbocycles. The Morgan fingerprint density at radius 3 is 1.35 bits per heavy atom. The van der Waals surface area contributed by atoms with E-state index in [1.807, 2.05) is 0 Å². The highest BCUT2D eigenvalue weighted by Gasteiger charge is 1.82. The van der Waals surface area contributed by atoms with Gasteiger partial charge >= 0.3 is 6.16 Å². The van der Waals surface area contributed by atoms with Crippen molar-refractivity contribution in [2.45, 2.75) is 25.7 Å². The van der Waals surface area contributed by atoms with E-state index in [4.69, 9.17) is 34.7 Å². The predicted octanol–water partition coefficient (Wildman–Crippen LogP) is 2.06. The van der Waals surface area contributed by atoms with Crippen LogP contribution in [0.1, 0.15) is 25.7 Å². The maximum atomic E-state index is 8.56. The molecule has 0 aromatic rings. The Kier molecular flexibility index (Phi) is 30.3. The number of hydrogen-bond acceptors (Lipinski definition) is 5. The molecule has 0 radical (unpaired) electrons. The molecule has 0 spiro atoms. The normalized spacial score (nSPS) is 8.10. The molecule has 0 bridgehead atoms. The van der Waals surface area contributed by atoms with Gasteiger partial charge in [-0.2, -0.15) is 0 Å². The SMILES string of the molecule is C=COCCCCO.C=COCCCCO.O=C(O)O. The number of aliphatic hydroxyl groups excluding tert-OH is 2.